The van der Waals surface area contributed by atoms with Gasteiger partial charge in [-0.3, -0.25) is 0 Å². The Kier molecular flexibility index (Phi) is 7.38. The molecule has 0 aliphatic heterocycles. The van der Waals surface area contributed by atoms with Crippen molar-refractivity contribution < 1.29 is 13.2 Å². The molecule has 0 saturated carbocycles. The summed E-state index contributed by atoms with van der Waals surface area (Å²) in [7, 11) is -1.59. The van der Waals surface area contributed by atoms with Crippen molar-refractivity contribution in [3.63, 3.8) is 0 Å². The first kappa shape index (κ1) is 20.9. The molecule has 2 amide bonds. The summed E-state index contributed by atoms with van der Waals surface area (Å²) in [5, 5.41) is 2.87. The van der Waals surface area contributed by atoms with Crippen LogP contribution in [0.1, 0.15) is 30.5 Å². The van der Waals surface area contributed by atoms with Crippen LogP contribution in [-0.4, -0.2) is 32.4 Å². The molecular formula is C20H27N3O3S. The van der Waals surface area contributed by atoms with Crippen LogP contribution in [0.3, 0.4) is 0 Å². The third kappa shape index (κ3) is 7.40. The fourth-order valence-corrected chi connectivity index (χ4v) is 4.05. The van der Waals surface area contributed by atoms with Gasteiger partial charge in [-0.15, -0.1) is 0 Å². The van der Waals surface area contributed by atoms with E-state index in [0.717, 1.165) is 11.1 Å². The van der Waals surface area contributed by atoms with Gasteiger partial charge in [-0.1, -0.05) is 54.6 Å². The first-order valence-corrected chi connectivity index (χ1v) is 10.5. The van der Waals surface area contributed by atoms with E-state index in [-0.39, 0.29) is 17.8 Å². The quantitative estimate of drug-likeness (QED) is 0.729. The Morgan fingerprint density at radius 2 is 1.56 bits per heavy atom. The normalized spacial score (nSPS) is 11.4. The largest absolute Gasteiger partial charge is 0.334 e. The number of sulfonamides is 1. The molecular weight excluding hydrogens is 362 g/mol. The lowest BCUT2D eigenvalue weighted by Crippen LogP contribution is -2.36. The van der Waals surface area contributed by atoms with Crippen LogP contribution >= 0.6 is 0 Å². The molecule has 0 saturated heterocycles. The average molecular weight is 390 g/mol. The van der Waals surface area contributed by atoms with Gasteiger partial charge in [0.05, 0.1) is 5.75 Å². The van der Waals surface area contributed by atoms with E-state index in [1.807, 2.05) is 42.5 Å². The van der Waals surface area contributed by atoms with Crippen LogP contribution in [0.25, 0.3) is 0 Å². The Bertz CT molecular complexity index is 835. The highest BCUT2D eigenvalue weighted by atomic mass is 32.2. The van der Waals surface area contributed by atoms with E-state index in [1.165, 1.54) is 0 Å². The Balaban J connectivity index is 1.84. The molecule has 0 unspecified atom stereocenters. The van der Waals surface area contributed by atoms with Gasteiger partial charge in [-0.05, 0) is 30.5 Å². The topological polar surface area (TPSA) is 78.5 Å². The van der Waals surface area contributed by atoms with Crippen molar-refractivity contribution in [2.24, 2.45) is 0 Å². The monoisotopic (exact) mass is 389 g/mol. The van der Waals surface area contributed by atoms with Crippen molar-refractivity contribution in [2.45, 2.75) is 38.7 Å². The highest BCUT2D eigenvalue weighted by Gasteiger charge is 2.13. The molecule has 0 heterocycles. The zero-order valence-electron chi connectivity index (χ0n) is 16.0. The molecule has 2 aromatic rings. The number of amides is 2. The number of hydrogen-bond donors (Lipinski definition) is 2. The fourth-order valence-electron chi connectivity index (χ4n) is 2.62. The van der Waals surface area contributed by atoms with Crippen LogP contribution in [-0.2, 0) is 28.9 Å². The first-order chi connectivity index (χ1) is 12.7. The Hall–Kier alpha value is -2.38. The maximum absolute atomic E-state index is 12.2. The lowest BCUT2D eigenvalue weighted by molar-refractivity contribution is 0.206. The Morgan fingerprint density at radius 1 is 0.963 bits per heavy atom. The lowest BCUT2D eigenvalue weighted by atomic mass is 10.1. The predicted molar refractivity (Wildman–Crippen MR) is 107 cm³/mol. The minimum atomic E-state index is -3.34. The number of nitrogens with zero attached hydrogens (tertiary/aromatic N) is 1. The number of hydrogen-bond acceptors (Lipinski definition) is 3. The summed E-state index contributed by atoms with van der Waals surface area (Å²) in [5.74, 6) is -0.0579. The van der Waals surface area contributed by atoms with Crippen molar-refractivity contribution in [1.29, 1.82) is 0 Å². The van der Waals surface area contributed by atoms with Gasteiger partial charge in [-0.2, -0.15) is 0 Å². The molecule has 7 heteroatoms. The number of nitrogens with one attached hydrogen (secondary N) is 2. The van der Waals surface area contributed by atoms with Crippen LogP contribution in [0.5, 0.6) is 0 Å². The predicted octanol–water partition coefficient (Wildman–Crippen LogP) is 2.86. The minimum absolute atomic E-state index is 0.0579. The van der Waals surface area contributed by atoms with Gasteiger partial charge in [0.25, 0.3) is 0 Å². The molecule has 0 spiro atoms. The molecule has 0 radical (unpaired) electrons. The third-order valence-electron chi connectivity index (χ3n) is 3.85. The SMILES string of the molecule is CC(C)NS(=O)(=O)Cc1ccc(CNC(=O)N(C)Cc2ccccc2)cc1. The van der Waals surface area contributed by atoms with E-state index < -0.39 is 10.0 Å². The van der Waals surface area contributed by atoms with Gasteiger partial charge in [0.2, 0.25) is 10.0 Å². The van der Waals surface area contributed by atoms with Gasteiger partial charge in [0.15, 0.2) is 0 Å². The minimum Gasteiger partial charge on any atom is -0.334 e. The van der Waals surface area contributed by atoms with Crippen molar-refractivity contribution in [3.8, 4) is 0 Å². The molecule has 0 aromatic heterocycles. The first-order valence-electron chi connectivity index (χ1n) is 8.86. The molecule has 2 N–H and O–H groups in total. The van der Waals surface area contributed by atoms with Crippen molar-refractivity contribution in [2.75, 3.05) is 7.05 Å². The molecule has 146 valence electrons. The van der Waals surface area contributed by atoms with Crippen LogP contribution in [0.15, 0.2) is 54.6 Å². The van der Waals surface area contributed by atoms with E-state index in [4.69, 9.17) is 0 Å². The van der Waals surface area contributed by atoms with E-state index in [0.29, 0.717) is 18.7 Å². The molecule has 0 atom stereocenters. The summed E-state index contributed by atoms with van der Waals surface area (Å²) in [6.45, 7) is 4.50. The van der Waals surface area contributed by atoms with E-state index in [1.54, 1.807) is 37.9 Å². The maximum Gasteiger partial charge on any atom is 0.317 e. The van der Waals surface area contributed by atoms with Crippen molar-refractivity contribution in [1.82, 2.24) is 14.9 Å². The summed E-state index contributed by atoms with van der Waals surface area (Å²) in [5.41, 5.74) is 2.68. The number of carbonyl (C=O) groups is 1. The average Bonchev–Trinajstić information content (AvgIpc) is 2.60. The Morgan fingerprint density at radius 3 is 2.15 bits per heavy atom. The zero-order chi connectivity index (χ0) is 19.9. The second-order valence-corrected chi connectivity index (χ2v) is 8.60. The smallest absolute Gasteiger partial charge is 0.317 e. The van der Waals surface area contributed by atoms with Gasteiger partial charge >= 0.3 is 6.03 Å². The fraction of sp³-hybridized carbons (Fsp3) is 0.350. The number of rotatable bonds is 8. The lowest BCUT2D eigenvalue weighted by Gasteiger charge is -2.18. The highest BCUT2D eigenvalue weighted by Crippen LogP contribution is 2.09. The Labute approximate surface area is 161 Å². The third-order valence-corrected chi connectivity index (χ3v) is 5.39. The summed E-state index contributed by atoms with van der Waals surface area (Å²) >= 11 is 0. The van der Waals surface area contributed by atoms with Gasteiger partial charge < -0.3 is 10.2 Å². The second kappa shape index (κ2) is 9.53. The number of urea groups is 1. The molecule has 0 aliphatic rings. The molecule has 0 fully saturated rings. The standard InChI is InChI=1S/C20H27N3O3S/c1-16(2)22-27(25,26)15-19-11-9-17(10-12-19)13-21-20(24)23(3)14-18-7-5-4-6-8-18/h4-12,16,22H,13-15H2,1-3H3,(H,21,24). The van der Waals surface area contributed by atoms with Gasteiger partial charge in [0.1, 0.15) is 0 Å². The molecule has 0 aliphatic carbocycles. The summed E-state index contributed by atoms with van der Waals surface area (Å²) in [6, 6.07) is 16.7. The summed E-state index contributed by atoms with van der Waals surface area (Å²) in [6.07, 6.45) is 0. The van der Waals surface area contributed by atoms with Crippen LogP contribution in [0.4, 0.5) is 4.79 Å². The van der Waals surface area contributed by atoms with Crippen molar-refractivity contribution in [3.05, 3.63) is 71.3 Å². The molecule has 2 rings (SSSR count). The zero-order valence-corrected chi connectivity index (χ0v) is 16.8. The summed E-state index contributed by atoms with van der Waals surface area (Å²) in [4.78, 5) is 13.8. The van der Waals surface area contributed by atoms with Gasteiger partial charge in [0, 0.05) is 26.2 Å². The van der Waals surface area contributed by atoms with E-state index >= 15 is 0 Å². The number of benzene rings is 2. The second-order valence-electron chi connectivity index (χ2n) is 6.85. The van der Waals surface area contributed by atoms with Crippen LogP contribution < -0.4 is 10.0 Å². The maximum atomic E-state index is 12.2. The van der Waals surface area contributed by atoms with Crippen LogP contribution in [0.2, 0.25) is 0 Å². The van der Waals surface area contributed by atoms with Gasteiger partial charge in [-0.25, -0.2) is 17.9 Å². The highest BCUT2D eigenvalue weighted by molar-refractivity contribution is 7.88. The number of carbonyl (C=O) groups excluding carboxylic acids is 1. The molecule has 2 aromatic carbocycles. The summed E-state index contributed by atoms with van der Waals surface area (Å²) < 4.78 is 26.5. The molecule has 27 heavy (non-hydrogen) atoms. The van der Waals surface area contributed by atoms with Crippen LogP contribution in [0, 0.1) is 0 Å². The molecule has 6 nitrogen and oxygen atoms in total. The van der Waals surface area contributed by atoms with E-state index in [9.17, 15) is 13.2 Å². The van der Waals surface area contributed by atoms with Crippen molar-refractivity contribution >= 4 is 16.1 Å². The van der Waals surface area contributed by atoms with E-state index in [2.05, 4.69) is 10.0 Å². The molecule has 0 bridgehead atoms.